The van der Waals surface area contributed by atoms with E-state index in [1.54, 1.807) is 23.3 Å². The molecule has 1 fully saturated rings. The summed E-state index contributed by atoms with van der Waals surface area (Å²) in [5.74, 6) is 0.579. The molecule has 0 spiro atoms. The van der Waals surface area contributed by atoms with E-state index in [1.165, 1.54) is 27.7 Å². The normalized spacial score (nSPS) is 17.1. The highest BCUT2D eigenvalue weighted by atomic mass is 32.2. The first-order chi connectivity index (χ1) is 16.9. The van der Waals surface area contributed by atoms with Crippen LogP contribution in [0.1, 0.15) is 13.3 Å². The molecule has 1 saturated heterocycles. The van der Waals surface area contributed by atoms with Gasteiger partial charge in [-0.05, 0) is 37.6 Å². The molecule has 0 saturated carbocycles. The Labute approximate surface area is 210 Å². The molecule has 11 heteroatoms. The van der Waals surface area contributed by atoms with Gasteiger partial charge in [-0.2, -0.15) is 0 Å². The summed E-state index contributed by atoms with van der Waals surface area (Å²) in [6.45, 7) is 2.27. The number of thioether (sulfide) groups is 1. The Kier molecular flexibility index (Phi) is 6.56. The van der Waals surface area contributed by atoms with Crippen molar-refractivity contribution in [3.8, 4) is 17.0 Å². The molecule has 3 aromatic heterocycles. The van der Waals surface area contributed by atoms with Crippen LogP contribution >= 0.6 is 23.1 Å². The van der Waals surface area contributed by atoms with E-state index >= 15 is 0 Å². The zero-order valence-electron chi connectivity index (χ0n) is 18.9. The molecule has 182 valence electrons. The second-order valence-electron chi connectivity index (χ2n) is 8.20. The zero-order valence-corrected chi connectivity index (χ0v) is 21.4. The first-order valence-electron chi connectivity index (χ1n) is 11.1. The number of para-hydroxylation sites is 1. The van der Waals surface area contributed by atoms with Crippen LogP contribution in [-0.4, -0.2) is 58.6 Å². The van der Waals surface area contributed by atoms with Crippen LogP contribution in [0.25, 0.3) is 27.2 Å². The predicted octanol–water partition coefficient (Wildman–Crippen LogP) is 3.83. The quantitative estimate of drug-likeness (QED) is 0.265. The summed E-state index contributed by atoms with van der Waals surface area (Å²) in [5.41, 5.74) is 1.09. The van der Waals surface area contributed by atoms with Crippen molar-refractivity contribution in [2.24, 2.45) is 0 Å². The van der Waals surface area contributed by atoms with Crippen molar-refractivity contribution in [3.05, 3.63) is 64.5 Å². The minimum absolute atomic E-state index is 0.000923. The molecule has 1 amide bonds. The van der Waals surface area contributed by atoms with Gasteiger partial charge in [-0.15, -0.1) is 11.3 Å². The molecule has 1 aromatic carbocycles. The number of rotatable bonds is 7. The molecule has 0 N–H and O–H groups in total. The van der Waals surface area contributed by atoms with Crippen LogP contribution in [0, 0.1) is 0 Å². The number of nitrogens with zero attached hydrogens (tertiary/aromatic N) is 3. The van der Waals surface area contributed by atoms with Gasteiger partial charge in [0.05, 0.1) is 34.6 Å². The van der Waals surface area contributed by atoms with Gasteiger partial charge in [0.2, 0.25) is 5.91 Å². The number of carbonyl (C=O) groups excluding carboxylic acids is 1. The van der Waals surface area contributed by atoms with Crippen LogP contribution in [0.5, 0.6) is 0 Å². The second kappa shape index (κ2) is 9.63. The van der Waals surface area contributed by atoms with Crippen molar-refractivity contribution < 1.29 is 17.6 Å². The van der Waals surface area contributed by atoms with E-state index in [4.69, 9.17) is 9.40 Å². The van der Waals surface area contributed by atoms with Crippen molar-refractivity contribution in [3.63, 3.8) is 0 Å². The number of amides is 1. The molecule has 1 aliphatic rings. The monoisotopic (exact) mass is 529 g/mol. The molecule has 4 heterocycles. The van der Waals surface area contributed by atoms with Crippen LogP contribution in [-0.2, 0) is 14.6 Å². The van der Waals surface area contributed by atoms with Crippen molar-refractivity contribution in [1.29, 1.82) is 0 Å². The summed E-state index contributed by atoms with van der Waals surface area (Å²) >= 11 is 2.53. The molecule has 0 aliphatic carbocycles. The highest BCUT2D eigenvalue weighted by molar-refractivity contribution is 7.99. The fraction of sp³-hybridized carbons (Fsp3) is 0.292. The van der Waals surface area contributed by atoms with Gasteiger partial charge in [0.25, 0.3) is 5.56 Å². The summed E-state index contributed by atoms with van der Waals surface area (Å²) in [7, 11) is -3.11. The van der Waals surface area contributed by atoms with E-state index in [9.17, 15) is 18.0 Å². The Morgan fingerprint density at radius 3 is 2.71 bits per heavy atom. The molecule has 1 aliphatic heterocycles. The lowest BCUT2D eigenvalue weighted by Crippen LogP contribution is -2.42. The summed E-state index contributed by atoms with van der Waals surface area (Å²) in [5, 5.41) is 2.73. The lowest BCUT2D eigenvalue weighted by atomic mass is 10.2. The van der Waals surface area contributed by atoms with Crippen molar-refractivity contribution >= 4 is 49.1 Å². The Bertz CT molecular complexity index is 1530. The molecule has 1 atom stereocenters. The van der Waals surface area contributed by atoms with E-state index in [0.29, 0.717) is 45.3 Å². The standard InChI is InChI=1S/C24H23N3O5S3/c1-2-26(17-10-12-35(30,31)15-17)20(28)14-34-24-25-22-21(18(13-33-22)19-9-6-11-32-19)23(29)27(24)16-7-4-3-5-8-16/h3-9,11,13,17H,2,10,12,14-15H2,1H3/t17-/m0/s1. The van der Waals surface area contributed by atoms with Crippen molar-refractivity contribution in [2.45, 2.75) is 24.5 Å². The Balaban J connectivity index is 1.51. The summed E-state index contributed by atoms with van der Waals surface area (Å²) in [6, 6.07) is 12.5. The maximum absolute atomic E-state index is 13.8. The van der Waals surface area contributed by atoms with Crippen LogP contribution in [0.15, 0.2) is 68.5 Å². The van der Waals surface area contributed by atoms with E-state index in [-0.39, 0.29) is 34.8 Å². The summed E-state index contributed by atoms with van der Waals surface area (Å²) in [4.78, 5) is 33.8. The zero-order chi connectivity index (χ0) is 24.6. The average molecular weight is 530 g/mol. The van der Waals surface area contributed by atoms with Crippen molar-refractivity contribution in [1.82, 2.24) is 14.5 Å². The highest BCUT2D eigenvalue weighted by Gasteiger charge is 2.34. The first kappa shape index (κ1) is 23.8. The molecule has 8 nitrogen and oxygen atoms in total. The predicted molar refractivity (Wildman–Crippen MR) is 138 cm³/mol. The molecular weight excluding hydrogens is 506 g/mol. The van der Waals surface area contributed by atoms with Crippen molar-refractivity contribution in [2.75, 3.05) is 23.8 Å². The lowest BCUT2D eigenvalue weighted by Gasteiger charge is -2.26. The van der Waals surface area contributed by atoms with E-state index in [0.717, 1.165) is 0 Å². The number of sulfone groups is 1. The van der Waals surface area contributed by atoms with Gasteiger partial charge >= 0.3 is 0 Å². The number of fused-ring (bicyclic) bond motifs is 1. The van der Waals surface area contributed by atoms with Gasteiger partial charge in [-0.25, -0.2) is 13.4 Å². The second-order valence-corrected chi connectivity index (χ2v) is 12.2. The number of thiophene rings is 1. The number of aromatic nitrogens is 2. The minimum Gasteiger partial charge on any atom is -0.464 e. The van der Waals surface area contributed by atoms with Crippen LogP contribution in [0.4, 0.5) is 0 Å². The summed E-state index contributed by atoms with van der Waals surface area (Å²) < 4.78 is 30.9. The van der Waals surface area contributed by atoms with Crippen LogP contribution < -0.4 is 5.56 Å². The van der Waals surface area contributed by atoms with Gasteiger partial charge in [0.1, 0.15) is 10.6 Å². The molecule has 0 radical (unpaired) electrons. The smallest absolute Gasteiger partial charge is 0.268 e. The van der Waals surface area contributed by atoms with Gasteiger partial charge in [-0.3, -0.25) is 14.2 Å². The third kappa shape index (κ3) is 4.67. The Hall–Kier alpha value is -2.89. The Morgan fingerprint density at radius 2 is 2.06 bits per heavy atom. The SMILES string of the molecule is CCN(C(=O)CSc1nc2scc(-c3ccco3)c2c(=O)n1-c1ccccc1)[C@H]1CCS(=O)(=O)C1. The van der Waals surface area contributed by atoms with E-state index in [1.807, 2.05) is 42.6 Å². The van der Waals surface area contributed by atoms with E-state index < -0.39 is 9.84 Å². The third-order valence-corrected chi connectivity index (χ3v) is 9.56. The van der Waals surface area contributed by atoms with E-state index in [2.05, 4.69) is 0 Å². The number of benzene rings is 1. The largest absolute Gasteiger partial charge is 0.464 e. The number of furan rings is 1. The number of hydrogen-bond donors (Lipinski definition) is 0. The fourth-order valence-electron chi connectivity index (χ4n) is 4.36. The van der Waals surface area contributed by atoms with Gasteiger partial charge in [-0.1, -0.05) is 30.0 Å². The summed E-state index contributed by atoms with van der Waals surface area (Å²) in [6.07, 6.45) is 2.02. The van der Waals surface area contributed by atoms with Gasteiger partial charge < -0.3 is 9.32 Å². The maximum Gasteiger partial charge on any atom is 0.268 e. The Morgan fingerprint density at radius 1 is 1.26 bits per heavy atom. The average Bonchev–Trinajstić information content (AvgIpc) is 3.59. The molecule has 0 unspecified atom stereocenters. The van der Waals surface area contributed by atoms with Crippen LogP contribution in [0.3, 0.4) is 0 Å². The third-order valence-electron chi connectivity index (χ3n) is 6.01. The topological polar surface area (TPSA) is 102 Å². The minimum atomic E-state index is -3.11. The van der Waals surface area contributed by atoms with Gasteiger partial charge in [0, 0.05) is 23.5 Å². The highest BCUT2D eigenvalue weighted by Crippen LogP contribution is 2.33. The molecule has 5 rings (SSSR count). The molecule has 0 bridgehead atoms. The molecular formula is C24H23N3O5S3. The van der Waals surface area contributed by atoms with Gasteiger partial charge in [0.15, 0.2) is 15.0 Å². The fourth-order valence-corrected chi connectivity index (χ4v) is 7.95. The first-order valence-corrected chi connectivity index (χ1v) is 14.8. The maximum atomic E-state index is 13.8. The van der Waals surface area contributed by atoms with Crippen LogP contribution in [0.2, 0.25) is 0 Å². The lowest BCUT2D eigenvalue weighted by molar-refractivity contribution is -0.129. The molecule has 35 heavy (non-hydrogen) atoms. The number of carbonyl (C=O) groups is 1. The number of hydrogen-bond acceptors (Lipinski definition) is 8. The molecule has 4 aromatic rings.